The first-order chi connectivity index (χ1) is 34.6. The van der Waals surface area contributed by atoms with Gasteiger partial charge in [0.15, 0.2) is 12.6 Å². The Morgan fingerprint density at radius 1 is 0.479 bits per heavy atom. The average Bonchev–Trinajstić information content (AvgIpc) is 3.37. The maximum Gasteiger partial charge on any atom is 0.306 e. The van der Waals surface area contributed by atoms with Crippen LogP contribution in [0.4, 0.5) is 0 Å². The summed E-state index contributed by atoms with van der Waals surface area (Å²) in [4.78, 5) is 13.0. The smallest absolute Gasteiger partial charge is 0.306 e. The zero-order valence-corrected chi connectivity index (χ0v) is 43.4. The Morgan fingerprint density at radius 2 is 0.915 bits per heavy atom. The van der Waals surface area contributed by atoms with Crippen molar-refractivity contribution in [1.29, 1.82) is 0 Å². The molecule has 2 heterocycles. The van der Waals surface area contributed by atoms with Gasteiger partial charge in [-0.1, -0.05) is 163 Å². The van der Waals surface area contributed by atoms with E-state index in [0.29, 0.717) is 13.0 Å². The Morgan fingerprint density at radius 3 is 1.45 bits per heavy atom. The van der Waals surface area contributed by atoms with E-state index in [2.05, 4.69) is 98.9 Å². The molecule has 408 valence electrons. The lowest BCUT2D eigenvalue weighted by atomic mass is 9.98. The highest BCUT2D eigenvalue weighted by Gasteiger charge is 2.47. The van der Waals surface area contributed by atoms with Crippen LogP contribution in [0, 0.1) is 0 Å². The molecule has 2 aliphatic heterocycles. The molecule has 0 aromatic heterocycles. The molecule has 0 saturated carbocycles. The van der Waals surface area contributed by atoms with E-state index in [1.807, 2.05) is 0 Å². The van der Waals surface area contributed by atoms with Gasteiger partial charge < -0.3 is 64.2 Å². The second kappa shape index (κ2) is 43.6. The number of esters is 1. The second-order valence-electron chi connectivity index (χ2n) is 18.7. The molecule has 14 heteroatoms. The Hall–Kier alpha value is -2.83. The van der Waals surface area contributed by atoms with Crippen LogP contribution in [0.5, 0.6) is 0 Å². The van der Waals surface area contributed by atoms with Gasteiger partial charge in [0.05, 0.1) is 26.4 Å². The van der Waals surface area contributed by atoms with Crippen molar-refractivity contribution in [2.24, 2.45) is 0 Å². The molecule has 11 atom stereocenters. The number of ether oxygens (including phenoxy) is 6. The third-order valence-corrected chi connectivity index (χ3v) is 12.4. The van der Waals surface area contributed by atoms with E-state index in [9.17, 15) is 40.5 Å². The van der Waals surface area contributed by atoms with E-state index in [1.54, 1.807) is 0 Å². The second-order valence-corrected chi connectivity index (χ2v) is 18.7. The number of aliphatic hydroxyl groups excluding tert-OH is 7. The third kappa shape index (κ3) is 30.8. The largest absolute Gasteiger partial charge is 0.457 e. The molecular formula is C57H96O14. The summed E-state index contributed by atoms with van der Waals surface area (Å²) in [5, 5.41) is 72.1. The number of unbranched alkanes of at least 4 members (excludes halogenated alkanes) is 14. The predicted molar refractivity (Wildman–Crippen MR) is 279 cm³/mol. The predicted octanol–water partition coefficient (Wildman–Crippen LogP) is 8.85. The lowest BCUT2D eigenvalue weighted by Gasteiger charge is -2.42. The van der Waals surface area contributed by atoms with Crippen molar-refractivity contribution in [3.05, 3.63) is 85.1 Å². The zero-order valence-electron chi connectivity index (χ0n) is 43.4. The van der Waals surface area contributed by atoms with Crippen molar-refractivity contribution >= 4 is 5.97 Å². The van der Waals surface area contributed by atoms with Gasteiger partial charge in [0.2, 0.25) is 0 Å². The fourth-order valence-electron chi connectivity index (χ4n) is 7.97. The van der Waals surface area contributed by atoms with E-state index < -0.39 is 86.7 Å². The molecule has 11 unspecified atom stereocenters. The summed E-state index contributed by atoms with van der Waals surface area (Å²) in [6.45, 7) is 3.47. The van der Waals surface area contributed by atoms with Crippen molar-refractivity contribution in [3.8, 4) is 0 Å². The molecule has 14 nitrogen and oxygen atoms in total. The average molecular weight is 1010 g/mol. The number of hydrogen-bond acceptors (Lipinski definition) is 14. The summed E-state index contributed by atoms with van der Waals surface area (Å²) in [7, 11) is 0. The highest BCUT2D eigenvalue weighted by atomic mass is 16.7. The first kappa shape index (κ1) is 64.3. The number of carbonyl (C=O) groups excluding carboxylic acids is 1. The number of allylic oxidation sites excluding steroid dienone is 14. The third-order valence-electron chi connectivity index (χ3n) is 12.4. The summed E-state index contributed by atoms with van der Waals surface area (Å²) in [5.74, 6) is -0.395. The molecule has 0 aromatic rings. The Labute approximate surface area is 427 Å². The lowest BCUT2D eigenvalue weighted by molar-refractivity contribution is -0.332. The van der Waals surface area contributed by atoms with Gasteiger partial charge in [-0.25, -0.2) is 0 Å². The van der Waals surface area contributed by atoms with Crippen LogP contribution in [0.3, 0.4) is 0 Å². The molecule has 0 spiro atoms. The van der Waals surface area contributed by atoms with E-state index in [-0.39, 0.29) is 19.6 Å². The Kier molecular flexibility index (Phi) is 39.4. The Bertz CT molecular complexity index is 1490. The molecule has 0 bridgehead atoms. The van der Waals surface area contributed by atoms with Crippen LogP contribution >= 0.6 is 0 Å². The quantitative estimate of drug-likeness (QED) is 0.0173. The topological polar surface area (TPSA) is 214 Å². The van der Waals surface area contributed by atoms with Gasteiger partial charge in [-0.2, -0.15) is 0 Å². The molecule has 2 aliphatic rings. The van der Waals surface area contributed by atoms with Crippen LogP contribution in [0.25, 0.3) is 0 Å². The van der Waals surface area contributed by atoms with E-state index in [1.165, 1.54) is 32.1 Å². The molecule has 2 saturated heterocycles. The standard InChI is InChI=1S/C57H96O14/c1-3-5-7-9-11-13-15-16-17-18-19-20-21-22-23-24-25-26-27-28-29-31-33-35-37-39-41-66-43-46(69-49(59)40-38-36-34-32-30-14-12-10-8-6-4-2)44-67-56-55(65)53(63)51(61)48(71-56)45-68-57-54(64)52(62)50(60)47(42-58)70-57/h5,7,10-13,16-17,19-20,22-23,25-26,46-48,50-58,60-65H,3-4,6,8-9,14-15,18,21,24,27-45H2,1-2H3/b7-5-,12-10-,13-11-,17-16-,20-19-,23-22-,26-25-. The van der Waals surface area contributed by atoms with Crippen LogP contribution in [-0.2, 0) is 33.2 Å². The molecule has 0 radical (unpaired) electrons. The molecule has 0 amide bonds. The summed E-state index contributed by atoms with van der Waals surface area (Å²) in [6.07, 6.45) is 39.4. The van der Waals surface area contributed by atoms with Crippen molar-refractivity contribution in [2.75, 3.05) is 33.0 Å². The van der Waals surface area contributed by atoms with Crippen LogP contribution in [-0.4, -0.2) is 142 Å². The molecule has 0 aromatic carbocycles. The SMILES string of the molecule is CC/C=C\C/C=C\C/C=C\C/C=C\C/C=C\C/C=C\CCCCCCCCCOCC(COC1OC(COC2OC(CO)C(O)C(O)C2O)C(O)C(O)C1O)OC(=O)CCCCCCC/C=C\CCCC. The van der Waals surface area contributed by atoms with E-state index in [4.69, 9.17) is 28.4 Å². The number of carbonyl (C=O) groups is 1. The fourth-order valence-corrected chi connectivity index (χ4v) is 7.97. The number of hydrogen-bond donors (Lipinski definition) is 7. The summed E-state index contributed by atoms with van der Waals surface area (Å²) in [5.41, 5.74) is 0. The minimum atomic E-state index is -1.71. The van der Waals surface area contributed by atoms with Crippen LogP contribution in [0.2, 0.25) is 0 Å². The maximum atomic E-state index is 13.0. The van der Waals surface area contributed by atoms with Gasteiger partial charge in [-0.05, 0) is 83.5 Å². The fraction of sp³-hybridized carbons (Fsp3) is 0.737. The Balaban J connectivity index is 1.70. The van der Waals surface area contributed by atoms with Crippen molar-refractivity contribution in [3.63, 3.8) is 0 Å². The van der Waals surface area contributed by atoms with Crippen molar-refractivity contribution in [1.82, 2.24) is 0 Å². The molecule has 2 fully saturated rings. The monoisotopic (exact) mass is 1000 g/mol. The van der Waals surface area contributed by atoms with E-state index >= 15 is 0 Å². The number of aliphatic hydroxyl groups is 7. The van der Waals surface area contributed by atoms with Gasteiger partial charge in [-0.3, -0.25) is 4.79 Å². The van der Waals surface area contributed by atoms with E-state index in [0.717, 1.165) is 109 Å². The molecule has 7 N–H and O–H groups in total. The van der Waals surface area contributed by atoms with Gasteiger partial charge in [0, 0.05) is 13.0 Å². The van der Waals surface area contributed by atoms with Crippen molar-refractivity contribution in [2.45, 2.75) is 235 Å². The molecule has 0 aliphatic carbocycles. The highest BCUT2D eigenvalue weighted by Crippen LogP contribution is 2.26. The molecule has 2 rings (SSSR count). The summed E-state index contributed by atoms with van der Waals surface area (Å²) in [6, 6.07) is 0. The summed E-state index contributed by atoms with van der Waals surface area (Å²) < 4.78 is 34.3. The normalized spacial score (nSPS) is 26.0. The maximum absolute atomic E-state index is 13.0. The van der Waals surface area contributed by atoms with Gasteiger partial charge in [-0.15, -0.1) is 0 Å². The molecule has 71 heavy (non-hydrogen) atoms. The van der Waals surface area contributed by atoms with Gasteiger partial charge >= 0.3 is 5.97 Å². The van der Waals surface area contributed by atoms with Crippen LogP contribution in [0.1, 0.15) is 168 Å². The zero-order chi connectivity index (χ0) is 51.6. The van der Waals surface area contributed by atoms with Crippen molar-refractivity contribution < 1.29 is 69.0 Å². The lowest BCUT2D eigenvalue weighted by Crippen LogP contribution is -2.61. The van der Waals surface area contributed by atoms with Gasteiger partial charge in [0.25, 0.3) is 0 Å². The molecular weight excluding hydrogens is 909 g/mol. The first-order valence-corrected chi connectivity index (χ1v) is 27.2. The minimum Gasteiger partial charge on any atom is -0.457 e. The van der Waals surface area contributed by atoms with Crippen LogP contribution < -0.4 is 0 Å². The minimum absolute atomic E-state index is 0.0454. The summed E-state index contributed by atoms with van der Waals surface area (Å²) >= 11 is 0. The first-order valence-electron chi connectivity index (χ1n) is 27.2. The highest BCUT2D eigenvalue weighted by molar-refractivity contribution is 5.69. The van der Waals surface area contributed by atoms with Crippen LogP contribution in [0.15, 0.2) is 85.1 Å². The number of rotatable bonds is 42. The van der Waals surface area contributed by atoms with Gasteiger partial charge in [0.1, 0.15) is 54.9 Å².